The van der Waals surface area contributed by atoms with Gasteiger partial charge in [-0.1, -0.05) is 12.1 Å². The first kappa shape index (κ1) is 18.5. The van der Waals surface area contributed by atoms with Crippen molar-refractivity contribution in [3.63, 3.8) is 0 Å². The van der Waals surface area contributed by atoms with Crippen LogP contribution in [-0.2, 0) is 4.79 Å². The number of carbonyl (C=O) groups is 1. The van der Waals surface area contributed by atoms with Crippen molar-refractivity contribution in [2.45, 2.75) is 12.8 Å². The number of piperidine rings is 1. The van der Waals surface area contributed by atoms with Gasteiger partial charge in [0.2, 0.25) is 5.91 Å². The Morgan fingerprint density at radius 1 is 1.17 bits per heavy atom. The van der Waals surface area contributed by atoms with E-state index in [-0.39, 0.29) is 23.2 Å². The number of aromatic nitrogens is 5. The molecule has 148 valence electrons. The molecule has 1 aliphatic heterocycles. The largest absolute Gasteiger partial charge is 0.354 e. The van der Waals surface area contributed by atoms with Gasteiger partial charge in [-0.3, -0.25) is 14.9 Å². The predicted molar refractivity (Wildman–Crippen MR) is 104 cm³/mol. The number of hydrogen-bond acceptors (Lipinski definition) is 8. The number of nitrogens with zero attached hydrogens (tertiary/aromatic N) is 7. The highest BCUT2D eigenvalue weighted by molar-refractivity contribution is 5.95. The first-order chi connectivity index (χ1) is 14.1. The highest BCUT2D eigenvalue weighted by Crippen LogP contribution is 2.26. The molecule has 1 atom stereocenters. The van der Waals surface area contributed by atoms with Crippen LogP contribution < -0.4 is 10.2 Å². The Morgan fingerprint density at radius 2 is 1.97 bits per heavy atom. The molecule has 11 nitrogen and oxygen atoms in total. The molecule has 0 spiro atoms. The summed E-state index contributed by atoms with van der Waals surface area (Å²) in [6, 6.07) is 9.74. The van der Waals surface area contributed by atoms with Crippen LogP contribution in [0.25, 0.3) is 5.82 Å². The maximum absolute atomic E-state index is 12.7. The van der Waals surface area contributed by atoms with Crippen LogP contribution >= 0.6 is 0 Å². The van der Waals surface area contributed by atoms with E-state index in [4.69, 9.17) is 0 Å². The van der Waals surface area contributed by atoms with Gasteiger partial charge in [0, 0.05) is 19.2 Å². The van der Waals surface area contributed by atoms with E-state index in [9.17, 15) is 14.9 Å². The van der Waals surface area contributed by atoms with Gasteiger partial charge in [0.05, 0.1) is 10.8 Å². The quantitative estimate of drug-likeness (QED) is 0.512. The molecule has 2 aromatic heterocycles. The van der Waals surface area contributed by atoms with Crippen molar-refractivity contribution in [3.05, 3.63) is 59.2 Å². The van der Waals surface area contributed by atoms with Crippen LogP contribution in [0.3, 0.4) is 0 Å². The monoisotopic (exact) mass is 394 g/mol. The lowest BCUT2D eigenvalue weighted by Crippen LogP contribution is -2.41. The number of hydrogen-bond donors (Lipinski definition) is 1. The Morgan fingerprint density at radius 3 is 2.69 bits per heavy atom. The van der Waals surface area contributed by atoms with E-state index in [2.05, 4.69) is 25.6 Å². The van der Waals surface area contributed by atoms with Crippen molar-refractivity contribution in [1.82, 2.24) is 25.0 Å². The summed E-state index contributed by atoms with van der Waals surface area (Å²) in [6.07, 6.45) is 4.46. The molecule has 0 aliphatic carbocycles. The number of para-hydroxylation sites is 2. The minimum Gasteiger partial charge on any atom is -0.354 e. The standard InChI is InChI=1S/C18H18N8O3/c27-18(21-14-5-1-2-6-15(14)26(28)29)13-4-3-9-24(10-13)16-7-8-17(23-22-16)25-12-19-11-20-25/h1-2,5-8,11-13H,3-4,9-10H2,(H,21,27). The van der Waals surface area contributed by atoms with Gasteiger partial charge in [0.15, 0.2) is 11.6 Å². The smallest absolute Gasteiger partial charge is 0.292 e. The Balaban J connectivity index is 1.44. The molecule has 11 heteroatoms. The van der Waals surface area contributed by atoms with Crippen LogP contribution in [-0.4, -0.2) is 48.9 Å². The summed E-state index contributed by atoms with van der Waals surface area (Å²) in [7, 11) is 0. The van der Waals surface area contributed by atoms with Crippen LogP contribution in [0.15, 0.2) is 49.1 Å². The third-order valence-corrected chi connectivity index (χ3v) is 4.76. The molecular weight excluding hydrogens is 376 g/mol. The SMILES string of the molecule is O=C(Nc1ccccc1[N+](=O)[O-])C1CCCN(c2ccc(-n3cncn3)nn2)C1. The van der Waals surface area contributed by atoms with E-state index in [0.29, 0.717) is 24.6 Å². The number of nitrogens with one attached hydrogen (secondary N) is 1. The third-order valence-electron chi connectivity index (χ3n) is 4.76. The Kier molecular flexibility index (Phi) is 5.10. The first-order valence-electron chi connectivity index (χ1n) is 9.10. The molecule has 1 fully saturated rings. The second kappa shape index (κ2) is 8.00. The molecular formula is C18H18N8O3. The number of nitro groups is 1. The second-order valence-corrected chi connectivity index (χ2v) is 6.64. The van der Waals surface area contributed by atoms with Crippen LogP contribution in [0.1, 0.15) is 12.8 Å². The lowest BCUT2D eigenvalue weighted by Gasteiger charge is -2.32. The van der Waals surface area contributed by atoms with Crippen LogP contribution in [0, 0.1) is 16.0 Å². The lowest BCUT2D eigenvalue weighted by molar-refractivity contribution is -0.383. The molecule has 4 rings (SSSR count). The van der Waals surface area contributed by atoms with E-state index >= 15 is 0 Å². The third kappa shape index (κ3) is 4.03. The van der Waals surface area contributed by atoms with E-state index < -0.39 is 4.92 Å². The molecule has 1 amide bonds. The van der Waals surface area contributed by atoms with Crippen molar-refractivity contribution >= 4 is 23.1 Å². The topological polar surface area (TPSA) is 132 Å². The maximum atomic E-state index is 12.7. The van der Waals surface area contributed by atoms with Crippen molar-refractivity contribution in [1.29, 1.82) is 0 Å². The van der Waals surface area contributed by atoms with Gasteiger partial charge in [-0.05, 0) is 31.0 Å². The van der Waals surface area contributed by atoms with Gasteiger partial charge < -0.3 is 10.2 Å². The summed E-state index contributed by atoms with van der Waals surface area (Å²) < 4.78 is 1.51. The summed E-state index contributed by atoms with van der Waals surface area (Å²) in [4.78, 5) is 29.2. The zero-order chi connectivity index (χ0) is 20.2. The number of benzene rings is 1. The van der Waals surface area contributed by atoms with Crippen molar-refractivity contribution in [2.75, 3.05) is 23.3 Å². The second-order valence-electron chi connectivity index (χ2n) is 6.64. The number of nitro benzene ring substituents is 1. The fourth-order valence-electron chi connectivity index (χ4n) is 3.31. The number of amides is 1. The molecule has 0 bridgehead atoms. The first-order valence-corrected chi connectivity index (χ1v) is 9.10. The van der Waals surface area contributed by atoms with E-state index in [1.165, 1.54) is 29.5 Å². The van der Waals surface area contributed by atoms with E-state index in [0.717, 1.165) is 13.0 Å². The molecule has 1 aliphatic rings. The normalized spacial score (nSPS) is 16.4. The molecule has 29 heavy (non-hydrogen) atoms. The predicted octanol–water partition coefficient (Wildman–Crippen LogP) is 1.82. The van der Waals surface area contributed by atoms with E-state index in [1.54, 1.807) is 18.2 Å². The molecule has 0 radical (unpaired) electrons. The Bertz CT molecular complexity index is 1010. The average molecular weight is 394 g/mol. The van der Waals surface area contributed by atoms with Gasteiger partial charge in [0.1, 0.15) is 18.3 Å². The Hall–Kier alpha value is -3.89. The van der Waals surface area contributed by atoms with Crippen LogP contribution in [0.5, 0.6) is 0 Å². The molecule has 3 aromatic rings. The summed E-state index contributed by atoms with van der Waals surface area (Å²) in [6.45, 7) is 1.22. The summed E-state index contributed by atoms with van der Waals surface area (Å²) >= 11 is 0. The number of anilines is 2. The molecule has 1 unspecified atom stereocenters. The molecule has 1 saturated heterocycles. The van der Waals surface area contributed by atoms with Crippen LogP contribution in [0.4, 0.5) is 17.2 Å². The van der Waals surface area contributed by atoms with Gasteiger partial charge in [-0.15, -0.1) is 10.2 Å². The zero-order valence-electron chi connectivity index (χ0n) is 15.4. The molecule has 1 N–H and O–H groups in total. The minimum absolute atomic E-state index is 0.122. The van der Waals surface area contributed by atoms with Gasteiger partial charge in [-0.25, -0.2) is 9.67 Å². The molecule has 0 saturated carbocycles. The highest BCUT2D eigenvalue weighted by Gasteiger charge is 2.28. The average Bonchev–Trinajstić information content (AvgIpc) is 3.29. The van der Waals surface area contributed by atoms with Gasteiger partial charge in [0.25, 0.3) is 5.69 Å². The number of carbonyl (C=O) groups excluding carboxylic acids is 1. The van der Waals surface area contributed by atoms with Gasteiger partial charge in [-0.2, -0.15) is 5.10 Å². The molecule has 1 aromatic carbocycles. The Labute approximate surface area is 165 Å². The fraction of sp³-hybridized carbons (Fsp3) is 0.278. The van der Waals surface area contributed by atoms with Crippen LogP contribution in [0.2, 0.25) is 0 Å². The van der Waals surface area contributed by atoms with E-state index in [1.807, 2.05) is 11.0 Å². The minimum atomic E-state index is -0.505. The summed E-state index contributed by atoms with van der Waals surface area (Å²) in [5.74, 6) is 0.669. The molecule has 3 heterocycles. The summed E-state index contributed by atoms with van der Waals surface area (Å²) in [5.41, 5.74) is 0.0830. The number of rotatable bonds is 5. The van der Waals surface area contributed by atoms with Crippen molar-refractivity contribution in [3.8, 4) is 5.82 Å². The fourth-order valence-corrected chi connectivity index (χ4v) is 3.31. The van der Waals surface area contributed by atoms with Gasteiger partial charge >= 0.3 is 0 Å². The zero-order valence-corrected chi connectivity index (χ0v) is 15.4. The van der Waals surface area contributed by atoms with Crippen molar-refractivity contribution in [2.24, 2.45) is 5.92 Å². The lowest BCUT2D eigenvalue weighted by atomic mass is 9.97. The summed E-state index contributed by atoms with van der Waals surface area (Å²) in [5, 5.41) is 26.3. The highest BCUT2D eigenvalue weighted by atomic mass is 16.6. The van der Waals surface area contributed by atoms with Crippen molar-refractivity contribution < 1.29 is 9.72 Å². The maximum Gasteiger partial charge on any atom is 0.292 e.